The predicted octanol–water partition coefficient (Wildman–Crippen LogP) is 1.32. The number of nitrogens with one attached hydrogen (secondary N) is 1. The maximum absolute atomic E-state index is 12.9. The zero-order valence-electron chi connectivity index (χ0n) is 16.6. The summed E-state index contributed by atoms with van der Waals surface area (Å²) in [5.41, 5.74) is 3.05. The van der Waals surface area contributed by atoms with Crippen molar-refractivity contribution >= 4 is 24.2 Å². The Balaban J connectivity index is 0.00000280. The average Bonchev–Trinajstić information content (AvgIpc) is 3.10. The van der Waals surface area contributed by atoms with Crippen molar-refractivity contribution in [1.82, 2.24) is 24.9 Å². The lowest BCUT2D eigenvalue weighted by atomic mass is 10.0. The highest BCUT2D eigenvalue weighted by Crippen LogP contribution is 2.17. The Labute approximate surface area is 172 Å². The van der Waals surface area contributed by atoms with Crippen LogP contribution in [0.2, 0.25) is 0 Å². The predicted molar refractivity (Wildman–Crippen MR) is 110 cm³/mol. The van der Waals surface area contributed by atoms with Crippen LogP contribution in [0, 0.1) is 6.92 Å². The second-order valence-electron chi connectivity index (χ2n) is 6.98. The van der Waals surface area contributed by atoms with Crippen LogP contribution < -0.4 is 5.32 Å². The fourth-order valence-electron chi connectivity index (χ4n) is 3.46. The SMILES string of the molecule is CNC(C(=O)N1CCN(C(=O)Cc2ccccc2C)CC1)c1cnn(C)c1.Cl. The molecule has 152 valence electrons. The number of carbonyl (C=O) groups excluding carboxylic acids is 2. The summed E-state index contributed by atoms with van der Waals surface area (Å²) >= 11 is 0. The van der Waals surface area contributed by atoms with Crippen LogP contribution in [0.4, 0.5) is 0 Å². The van der Waals surface area contributed by atoms with Crippen molar-refractivity contribution in [3.8, 4) is 0 Å². The Morgan fingerprint density at radius 2 is 1.79 bits per heavy atom. The summed E-state index contributed by atoms with van der Waals surface area (Å²) in [7, 11) is 3.61. The summed E-state index contributed by atoms with van der Waals surface area (Å²) < 4.78 is 1.69. The number of nitrogens with zero attached hydrogens (tertiary/aromatic N) is 4. The molecule has 1 unspecified atom stereocenters. The van der Waals surface area contributed by atoms with E-state index < -0.39 is 6.04 Å². The van der Waals surface area contributed by atoms with Gasteiger partial charge in [0.15, 0.2) is 0 Å². The molecule has 1 atom stereocenters. The minimum atomic E-state index is -0.409. The first-order valence-electron chi connectivity index (χ1n) is 9.26. The topological polar surface area (TPSA) is 70.5 Å². The summed E-state index contributed by atoms with van der Waals surface area (Å²) in [6.45, 7) is 4.27. The van der Waals surface area contributed by atoms with Gasteiger partial charge in [-0.2, -0.15) is 5.10 Å². The van der Waals surface area contributed by atoms with Gasteiger partial charge in [-0.1, -0.05) is 24.3 Å². The van der Waals surface area contributed by atoms with E-state index in [1.807, 2.05) is 54.2 Å². The lowest BCUT2D eigenvalue weighted by molar-refractivity contribution is -0.140. The smallest absolute Gasteiger partial charge is 0.244 e. The van der Waals surface area contributed by atoms with E-state index >= 15 is 0 Å². The lowest BCUT2D eigenvalue weighted by Crippen LogP contribution is -2.53. The van der Waals surface area contributed by atoms with Crippen molar-refractivity contribution in [1.29, 1.82) is 0 Å². The highest BCUT2D eigenvalue weighted by atomic mass is 35.5. The molecule has 1 saturated heterocycles. The molecule has 0 spiro atoms. The molecule has 1 N–H and O–H groups in total. The minimum Gasteiger partial charge on any atom is -0.339 e. The van der Waals surface area contributed by atoms with Crippen LogP contribution in [0.3, 0.4) is 0 Å². The van der Waals surface area contributed by atoms with Crippen molar-refractivity contribution < 1.29 is 9.59 Å². The zero-order valence-corrected chi connectivity index (χ0v) is 17.4. The molecule has 8 heteroatoms. The average molecular weight is 406 g/mol. The third kappa shape index (κ3) is 4.91. The molecular formula is C20H28ClN5O2. The molecule has 0 aliphatic carbocycles. The van der Waals surface area contributed by atoms with Gasteiger partial charge in [0.2, 0.25) is 11.8 Å². The molecule has 7 nitrogen and oxygen atoms in total. The molecule has 28 heavy (non-hydrogen) atoms. The number of aryl methyl sites for hydroxylation is 2. The van der Waals surface area contributed by atoms with Gasteiger partial charge in [0.1, 0.15) is 6.04 Å². The molecule has 3 rings (SSSR count). The third-order valence-corrected chi connectivity index (χ3v) is 5.14. The molecule has 0 radical (unpaired) electrons. The van der Waals surface area contributed by atoms with Crippen molar-refractivity contribution in [2.75, 3.05) is 33.2 Å². The number of halogens is 1. The van der Waals surface area contributed by atoms with E-state index in [-0.39, 0.29) is 24.2 Å². The van der Waals surface area contributed by atoms with Gasteiger partial charge < -0.3 is 15.1 Å². The quantitative estimate of drug-likeness (QED) is 0.814. The Morgan fingerprint density at radius 1 is 1.14 bits per heavy atom. The lowest BCUT2D eigenvalue weighted by Gasteiger charge is -2.36. The molecule has 2 amide bonds. The van der Waals surface area contributed by atoms with E-state index in [0.29, 0.717) is 32.6 Å². The molecule has 2 heterocycles. The highest BCUT2D eigenvalue weighted by molar-refractivity contribution is 5.85. The summed E-state index contributed by atoms with van der Waals surface area (Å²) in [5.74, 6) is 0.144. The molecule has 2 aromatic rings. The summed E-state index contributed by atoms with van der Waals surface area (Å²) in [6.07, 6.45) is 3.97. The molecule has 0 bridgehead atoms. The Bertz CT molecular complexity index is 814. The van der Waals surface area contributed by atoms with Gasteiger partial charge in [0.05, 0.1) is 12.6 Å². The Kier molecular flexibility index (Phi) is 7.60. The molecule has 1 aliphatic rings. The molecule has 1 aliphatic heterocycles. The highest BCUT2D eigenvalue weighted by Gasteiger charge is 2.29. The normalized spacial score (nSPS) is 15.1. The van der Waals surface area contributed by atoms with Gasteiger partial charge in [-0.3, -0.25) is 14.3 Å². The van der Waals surface area contributed by atoms with Crippen LogP contribution in [-0.4, -0.2) is 64.6 Å². The standard InChI is InChI=1S/C20H27N5O2.ClH/c1-15-6-4-5-7-16(15)12-18(26)24-8-10-25(11-9-24)20(27)19(21-2)17-13-22-23(3)14-17;/h4-7,13-14,19,21H,8-12H2,1-3H3;1H. The number of hydrogen-bond acceptors (Lipinski definition) is 4. The number of aromatic nitrogens is 2. The maximum atomic E-state index is 12.9. The first kappa shape index (κ1) is 21.9. The van der Waals surface area contributed by atoms with E-state index in [2.05, 4.69) is 10.4 Å². The molecule has 1 aromatic heterocycles. The van der Waals surface area contributed by atoms with Crippen LogP contribution in [0.5, 0.6) is 0 Å². The summed E-state index contributed by atoms with van der Waals surface area (Å²) in [6, 6.07) is 7.55. The van der Waals surface area contributed by atoms with E-state index in [4.69, 9.17) is 0 Å². The van der Waals surface area contributed by atoms with Crippen molar-refractivity contribution in [3.05, 3.63) is 53.3 Å². The summed E-state index contributed by atoms with van der Waals surface area (Å²) in [5, 5.41) is 7.22. The molecular weight excluding hydrogens is 378 g/mol. The minimum absolute atomic E-state index is 0. The largest absolute Gasteiger partial charge is 0.339 e. The number of rotatable bonds is 5. The van der Waals surface area contributed by atoms with E-state index in [1.54, 1.807) is 17.9 Å². The Hall–Kier alpha value is -2.38. The van der Waals surface area contributed by atoms with Crippen LogP contribution in [0.25, 0.3) is 0 Å². The van der Waals surface area contributed by atoms with Gasteiger partial charge in [-0.25, -0.2) is 0 Å². The van der Waals surface area contributed by atoms with Gasteiger partial charge in [0.25, 0.3) is 0 Å². The fraction of sp³-hybridized carbons (Fsp3) is 0.450. The van der Waals surface area contributed by atoms with Gasteiger partial charge in [-0.05, 0) is 25.1 Å². The molecule has 0 saturated carbocycles. The van der Waals surface area contributed by atoms with E-state index in [1.165, 1.54) is 0 Å². The van der Waals surface area contributed by atoms with Crippen LogP contribution >= 0.6 is 12.4 Å². The van der Waals surface area contributed by atoms with Crippen LogP contribution in [0.15, 0.2) is 36.7 Å². The van der Waals surface area contributed by atoms with Gasteiger partial charge in [0, 0.05) is 45.0 Å². The van der Waals surface area contributed by atoms with E-state index in [0.717, 1.165) is 16.7 Å². The molecule has 1 aromatic carbocycles. The monoisotopic (exact) mass is 405 g/mol. The second kappa shape index (κ2) is 9.71. The van der Waals surface area contributed by atoms with Crippen molar-refractivity contribution in [3.63, 3.8) is 0 Å². The van der Waals surface area contributed by atoms with Crippen LogP contribution in [0.1, 0.15) is 22.7 Å². The number of benzene rings is 1. The fourth-order valence-corrected chi connectivity index (χ4v) is 3.46. The first-order valence-corrected chi connectivity index (χ1v) is 9.26. The number of piperazine rings is 1. The summed E-state index contributed by atoms with van der Waals surface area (Å²) in [4.78, 5) is 29.2. The third-order valence-electron chi connectivity index (χ3n) is 5.14. The van der Waals surface area contributed by atoms with E-state index in [9.17, 15) is 9.59 Å². The van der Waals surface area contributed by atoms with Crippen LogP contribution in [-0.2, 0) is 23.1 Å². The number of likely N-dealkylation sites (N-methyl/N-ethyl adjacent to an activating group) is 1. The Morgan fingerprint density at radius 3 is 2.36 bits per heavy atom. The number of hydrogen-bond donors (Lipinski definition) is 1. The van der Waals surface area contributed by atoms with Crippen molar-refractivity contribution in [2.24, 2.45) is 7.05 Å². The van der Waals surface area contributed by atoms with Gasteiger partial charge in [-0.15, -0.1) is 12.4 Å². The second-order valence-corrected chi connectivity index (χ2v) is 6.98. The number of carbonyl (C=O) groups is 2. The van der Waals surface area contributed by atoms with Crippen molar-refractivity contribution in [2.45, 2.75) is 19.4 Å². The first-order chi connectivity index (χ1) is 13.0. The maximum Gasteiger partial charge on any atom is 0.244 e. The zero-order chi connectivity index (χ0) is 19.4. The number of amides is 2. The van der Waals surface area contributed by atoms with Gasteiger partial charge >= 0.3 is 0 Å². The molecule has 1 fully saturated rings.